The number of hydrogen-bond acceptors (Lipinski definition) is 2. The molecule has 0 heterocycles. The Hall–Kier alpha value is -2.30. The Morgan fingerprint density at radius 2 is 1.83 bits per heavy atom. The van der Waals surface area contributed by atoms with Crippen molar-refractivity contribution in [1.82, 2.24) is 0 Å². The molecule has 0 aromatic heterocycles. The first-order valence-electron chi connectivity index (χ1n) is 7.20. The quantitative estimate of drug-likeness (QED) is 0.788. The number of esters is 1. The summed E-state index contributed by atoms with van der Waals surface area (Å²) in [5.74, 6) is -0.662. The first kappa shape index (κ1) is 15.6. The van der Waals surface area contributed by atoms with Crippen molar-refractivity contribution in [3.63, 3.8) is 0 Å². The van der Waals surface area contributed by atoms with Crippen LogP contribution in [0.1, 0.15) is 29.0 Å². The second-order valence-corrected chi connectivity index (χ2v) is 5.71. The lowest BCUT2D eigenvalue weighted by Crippen LogP contribution is -2.24. The van der Waals surface area contributed by atoms with E-state index in [4.69, 9.17) is 4.74 Å². The Morgan fingerprint density at radius 1 is 1.13 bits per heavy atom. The van der Waals surface area contributed by atoms with Crippen molar-refractivity contribution in [2.24, 2.45) is 0 Å². The third-order valence-corrected chi connectivity index (χ3v) is 4.42. The van der Waals surface area contributed by atoms with Gasteiger partial charge in [0, 0.05) is 5.92 Å². The van der Waals surface area contributed by atoms with Gasteiger partial charge in [-0.15, -0.1) is 0 Å². The fourth-order valence-electron chi connectivity index (χ4n) is 3.17. The molecule has 0 spiro atoms. The highest BCUT2D eigenvalue weighted by Crippen LogP contribution is 2.61. The van der Waals surface area contributed by atoms with Gasteiger partial charge in [-0.3, -0.25) is 4.79 Å². The Morgan fingerprint density at radius 3 is 2.43 bits per heavy atom. The average molecular weight is 320 g/mol. The van der Waals surface area contributed by atoms with Crippen LogP contribution in [-0.2, 0) is 21.1 Å². The Labute approximate surface area is 131 Å². The Kier molecular flexibility index (Phi) is 3.66. The summed E-state index contributed by atoms with van der Waals surface area (Å²) in [5.41, 5.74) is -0.502. The van der Waals surface area contributed by atoms with Gasteiger partial charge in [-0.2, -0.15) is 13.2 Å². The molecule has 2 aromatic rings. The topological polar surface area (TPSA) is 26.3 Å². The van der Waals surface area contributed by atoms with E-state index in [1.54, 1.807) is 6.07 Å². The maximum atomic E-state index is 13.0. The average Bonchev–Trinajstić information content (AvgIpc) is 3.31. The van der Waals surface area contributed by atoms with Crippen LogP contribution in [0.3, 0.4) is 0 Å². The van der Waals surface area contributed by atoms with E-state index in [1.165, 1.54) is 13.2 Å². The first-order chi connectivity index (χ1) is 10.9. The minimum atomic E-state index is -4.44. The molecule has 0 radical (unpaired) electrons. The van der Waals surface area contributed by atoms with Gasteiger partial charge in [0.05, 0.1) is 12.7 Å². The van der Waals surface area contributed by atoms with Crippen LogP contribution < -0.4 is 0 Å². The highest BCUT2D eigenvalue weighted by Gasteiger charge is 2.62. The second-order valence-electron chi connectivity index (χ2n) is 5.71. The molecule has 2 nitrogen and oxygen atoms in total. The minimum Gasteiger partial charge on any atom is -0.468 e. The lowest BCUT2D eigenvalue weighted by Gasteiger charge is -2.17. The van der Waals surface area contributed by atoms with Gasteiger partial charge >= 0.3 is 12.1 Å². The molecular formula is C18H15F3O2. The van der Waals surface area contributed by atoms with E-state index in [-0.39, 0.29) is 5.92 Å². The Bertz CT molecular complexity index is 725. The first-order valence-corrected chi connectivity index (χ1v) is 7.20. The number of halogens is 3. The molecule has 0 saturated heterocycles. The van der Waals surface area contributed by atoms with E-state index in [2.05, 4.69) is 0 Å². The summed E-state index contributed by atoms with van der Waals surface area (Å²) in [6.07, 6.45) is -3.99. The van der Waals surface area contributed by atoms with E-state index in [1.807, 2.05) is 30.3 Å². The van der Waals surface area contributed by atoms with Gasteiger partial charge in [0.1, 0.15) is 5.41 Å². The lowest BCUT2D eigenvalue weighted by molar-refractivity contribution is -0.144. The fourth-order valence-corrected chi connectivity index (χ4v) is 3.17. The molecule has 1 aliphatic rings. The zero-order valence-corrected chi connectivity index (χ0v) is 12.4. The number of alkyl halides is 3. The van der Waals surface area contributed by atoms with Crippen molar-refractivity contribution in [2.75, 3.05) is 7.11 Å². The van der Waals surface area contributed by atoms with Crippen LogP contribution in [0.4, 0.5) is 13.2 Å². The van der Waals surface area contributed by atoms with E-state index < -0.39 is 23.1 Å². The van der Waals surface area contributed by atoms with E-state index in [9.17, 15) is 18.0 Å². The molecule has 23 heavy (non-hydrogen) atoms. The molecule has 2 atom stereocenters. The van der Waals surface area contributed by atoms with Crippen molar-refractivity contribution in [2.45, 2.75) is 23.9 Å². The predicted octanol–water partition coefficient (Wildman–Crippen LogP) is 4.30. The summed E-state index contributed by atoms with van der Waals surface area (Å²) >= 11 is 0. The van der Waals surface area contributed by atoms with Crippen molar-refractivity contribution in [1.29, 1.82) is 0 Å². The molecule has 0 bridgehead atoms. The molecule has 0 unspecified atom stereocenters. The number of hydrogen-bond donors (Lipinski definition) is 0. The molecule has 120 valence electrons. The van der Waals surface area contributed by atoms with Crippen molar-refractivity contribution in [3.05, 3.63) is 71.3 Å². The lowest BCUT2D eigenvalue weighted by atomic mass is 9.89. The van der Waals surface area contributed by atoms with Crippen LogP contribution in [0.15, 0.2) is 54.6 Å². The van der Waals surface area contributed by atoms with Crippen molar-refractivity contribution in [3.8, 4) is 0 Å². The largest absolute Gasteiger partial charge is 0.468 e. The molecule has 0 aliphatic heterocycles. The molecule has 1 saturated carbocycles. The summed E-state index contributed by atoms with van der Waals surface area (Å²) in [4.78, 5) is 12.3. The third kappa shape index (κ3) is 2.60. The number of ether oxygens (including phenoxy) is 1. The van der Waals surface area contributed by atoms with Crippen LogP contribution in [0.2, 0.25) is 0 Å². The van der Waals surface area contributed by atoms with Gasteiger partial charge in [-0.25, -0.2) is 0 Å². The van der Waals surface area contributed by atoms with Gasteiger partial charge in [0.25, 0.3) is 0 Å². The van der Waals surface area contributed by atoms with Crippen LogP contribution >= 0.6 is 0 Å². The van der Waals surface area contributed by atoms with Crippen molar-refractivity contribution >= 4 is 5.97 Å². The van der Waals surface area contributed by atoms with Gasteiger partial charge in [-0.05, 0) is 23.6 Å². The number of rotatable bonds is 3. The summed E-state index contributed by atoms with van der Waals surface area (Å²) < 4.78 is 43.8. The number of benzene rings is 2. The number of methoxy groups -OCH3 is 1. The van der Waals surface area contributed by atoms with Crippen LogP contribution in [0.5, 0.6) is 0 Å². The summed E-state index contributed by atoms with van der Waals surface area (Å²) in [6.45, 7) is 0. The maximum Gasteiger partial charge on any atom is 0.416 e. The standard InChI is InChI=1S/C18H15F3O2/c1-23-16(22)17(11-15(17)12-6-3-2-4-7-12)13-8-5-9-14(10-13)18(19,20)21/h2-10,15H,11H2,1H3/t15-,17-/m0/s1. The fraction of sp³-hybridized carbons (Fsp3) is 0.278. The van der Waals surface area contributed by atoms with Crippen LogP contribution in [0, 0.1) is 0 Å². The van der Waals surface area contributed by atoms with E-state index >= 15 is 0 Å². The van der Waals surface area contributed by atoms with Crippen LogP contribution in [0.25, 0.3) is 0 Å². The minimum absolute atomic E-state index is 0.167. The van der Waals surface area contributed by atoms with Crippen molar-refractivity contribution < 1.29 is 22.7 Å². The maximum absolute atomic E-state index is 13.0. The summed E-state index contributed by atoms with van der Waals surface area (Å²) in [6, 6.07) is 14.3. The van der Waals surface area contributed by atoms with Gasteiger partial charge in [-0.1, -0.05) is 48.5 Å². The second kappa shape index (κ2) is 5.41. The highest BCUT2D eigenvalue weighted by atomic mass is 19.4. The SMILES string of the molecule is COC(=O)[C@]1(c2cccc(C(F)(F)F)c2)C[C@H]1c1ccccc1. The molecule has 1 aliphatic carbocycles. The summed E-state index contributed by atoms with van der Waals surface area (Å²) in [7, 11) is 1.26. The molecule has 0 amide bonds. The molecule has 3 rings (SSSR count). The smallest absolute Gasteiger partial charge is 0.416 e. The molecular weight excluding hydrogens is 305 g/mol. The monoisotopic (exact) mass is 320 g/mol. The highest BCUT2D eigenvalue weighted by molar-refractivity contribution is 5.89. The van der Waals surface area contributed by atoms with Gasteiger partial charge < -0.3 is 4.74 Å². The number of carbonyl (C=O) groups excluding carboxylic acids is 1. The molecule has 2 aromatic carbocycles. The predicted molar refractivity (Wildman–Crippen MR) is 78.9 cm³/mol. The molecule has 0 N–H and O–H groups in total. The Balaban J connectivity index is 2.05. The third-order valence-electron chi connectivity index (χ3n) is 4.42. The zero-order valence-electron chi connectivity index (χ0n) is 12.4. The molecule has 1 fully saturated rings. The normalized spacial score (nSPS) is 23.4. The van der Waals surface area contributed by atoms with Gasteiger partial charge in [0.15, 0.2) is 0 Å². The summed E-state index contributed by atoms with van der Waals surface area (Å²) in [5, 5.41) is 0. The van der Waals surface area contributed by atoms with E-state index in [0.717, 1.165) is 17.7 Å². The van der Waals surface area contributed by atoms with E-state index in [0.29, 0.717) is 12.0 Å². The zero-order chi connectivity index (χ0) is 16.7. The molecule has 5 heteroatoms. The van der Waals surface area contributed by atoms with Crippen LogP contribution in [-0.4, -0.2) is 13.1 Å². The number of carbonyl (C=O) groups is 1. The van der Waals surface area contributed by atoms with Gasteiger partial charge in [0.2, 0.25) is 0 Å².